The fourth-order valence-corrected chi connectivity index (χ4v) is 4.65. The molecule has 0 bridgehead atoms. The smallest absolute Gasteiger partial charge is 0.275 e. The summed E-state index contributed by atoms with van der Waals surface area (Å²) in [6.07, 6.45) is 2.89. The molecule has 8 heteroatoms. The third kappa shape index (κ3) is 3.03. The van der Waals surface area contributed by atoms with Gasteiger partial charge in [0.1, 0.15) is 0 Å². The molecule has 0 unspecified atom stereocenters. The Morgan fingerprint density at radius 2 is 1.59 bits per heavy atom. The Labute approximate surface area is 131 Å². The molecule has 1 aliphatic carbocycles. The van der Waals surface area contributed by atoms with Gasteiger partial charge in [-0.3, -0.25) is 4.79 Å². The summed E-state index contributed by atoms with van der Waals surface area (Å²) in [6.45, 7) is 0. The second-order valence-corrected chi connectivity index (χ2v) is 10.4. The van der Waals surface area contributed by atoms with Crippen LogP contribution in [0.3, 0.4) is 0 Å². The number of anilines is 1. The molecule has 0 aliphatic heterocycles. The summed E-state index contributed by atoms with van der Waals surface area (Å²) in [7, 11) is -2.73. The summed E-state index contributed by atoms with van der Waals surface area (Å²) in [5.41, 5.74) is 0.931. The van der Waals surface area contributed by atoms with Crippen LogP contribution in [0.2, 0.25) is 0 Å². The van der Waals surface area contributed by atoms with E-state index in [0.29, 0.717) is 4.90 Å². The lowest BCUT2D eigenvalue weighted by atomic mass is 10.3. The molecule has 1 saturated carbocycles. The molecule has 0 heterocycles. The molecule has 0 aromatic heterocycles. The zero-order chi connectivity index (χ0) is 16.8. The highest BCUT2D eigenvalue weighted by Gasteiger charge is 2.59. The molecule has 1 aromatic carbocycles. The fraction of sp³-hybridized carbons (Fsp3) is 0.500. The van der Waals surface area contributed by atoms with Gasteiger partial charge in [0.15, 0.2) is 14.6 Å². The number of hydrogen-bond donors (Lipinski definition) is 0. The maximum absolute atomic E-state index is 12.7. The predicted molar refractivity (Wildman–Crippen MR) is 87.3 cm³/mol. The van der Waals surface area contributed by atoms with Crippen LogP contribution < -0.4 is 4.90 Å². The quantitative estimate of drug-likeness (QED) is 0.822. The molecule has 6 nitrogen and oxygen atoms in total. The molecular formula is C14H20N2O4S2. The number of nitrogens with zero attached hydrogens (tertiary/aromatic N) is 2. The van der Waals surface area contributed by atoms with Gasteiger partial charge in [-0.15, -0.1) is 0 Å². The summed E-state index contributed by atoms with van der Waals surface area (Å²) in [4.78, 5) is 14.5. The minimum absolute atomic E-state index is 0.253. The van der Waals surface area contributed by atoms with Gasteiger partial charge in [-0.2, -0.15) is 4.36 Å². The number of carbonyl (C=O) groups is 1. The van der Waals surface area contributed by atoms with Gasteiger partial charge >= 0.3 is 0 Å². The van der Waals surface area contributed by atoms with Crippen LogP contribution in [0.25, 0.3) is 0 Å². The molecule has 122 valence electrons. The monoisotopic (exact) mass is 344 g/mol. The average Bonchev–Trinajstić information content (AvgIpc) is 3.19. The van der Waals surface area contributed by atoms with E-state index in [1.165, 1.54) is 6.26 Å². The molecule has 2 rings (SSSR count). The first-order valence-corrected chi connectivity index (χ1v) is 10.5. The van der Waals surface area contributed by atoms with Crippen molar-refractivity contribution in [3.05, 3.63) is 24.3 Å². The van der Waals surface area contributed by atoms with Gasteiger partial charge in [-0.1, -0.05) is 0 Å². The first kappa shape index (κ1) is 17.0. The van der Waals surface area contributed by atoms with Crippen molar-refractivity contribution >= 4 is 31.2 Å². The molecule has 0 radical (unpaired) electrons. The number of amides is 1. The van der Waals surface area contributed by atoms with E-state index in [0.717, 1.165) is 11.9 Å². The zero-order valence-corrected chi connectivity index (χ0v) is 14.7. The van der Waals surface area contributed by atoms with E-state index in [1.54, 1.807) is 24.3 Å². The van der Waals surface area contributed by atoms with Gasteiger partial charge < -0.3 is 4.90 Å². The number of benzene rings is 1. The largest absolute Gasteiger partial charge is 0.378 e. The molecule has 22 heavy (non-hydrogen) atoms. The maximum Gasteiger partial charge on any atom is 0.275 e. The molecular weight excluding hydrogens is 324 g/mol. The fourth-order valence-electron chi connectivity index (χ4n) is 2.15. The van der Waals surface area contributed by atoms with Gasteiger partial charge in [-0.25, -0.2) is 12.6 Å². The topological polar surface area (TPSA) is 83.9 Å². The molecule has 1 aliphatic rings. The standard InChI is InChI=1S/C14H20N2O4S2/c1-16(2)11-5-7-12(8-6-11)21(3,18)15-13(17)14(9-10-14)22(4,19)20/h5-8H,9-10H2,1-4H3/t21-/m1/s1. The minimum Gasteiger partial charge on any atom is -0.378 e. The zero-order valence-electron chi connectivity index (χ0n) is 13.1. The van der Waals surface area contributed by atoms with E-state index in [1.807, 2.05) is 19.0 Å². The Kier molecular flexibility index (Phi) is 4.12. The predicted octanol–water partition coefficient (Wildman–Crippen LogP) is 1.31. The molecule has 1 fully saturated rings. The van der Waals surface area contributed by atoms with E-state index in [-0.39, 0.29) is 12.8 Å². The Balaban J connectivity index is 2.38. The molecule has 1 amide bonds. The Bertz CT molecular complexity index is 813. The number of hydrogen-bond acceptors (Lipinski definition) is 5. The van der Waals surface area contributed by atoms with Crippen molar-refractivity contribution in [3.8, 4) is 0 Å². The number of sulfone groups is 1. The van der Waals surface area contributed by atoms with Crippen LogP contribution in [0.4, 0.5) is 5.69 Å². The molecule has 0 N–H and O–H groups in total. The second kappa shape index (κ2) is 5.34. The van der Waals surface area contributed by atoms with Crippen LogP contribution in [0.15, 0.2) is 33.5 Å². The van der Waals surface area contributed by atoms with Gasteiger partial charge in [-0.05, 0) is 37.1 Å². The summed E-state index contributed by atoms with van der Waals surface area (Å²) in [6, 6.07) is 6.85. The van der Waals surface area contributed by atoms with E-state index in [9.17, 15) is 17.4 Å². The first-order chi connectivity index (χ1) is 9.99. The van der Waals surface area contributed by atoms with Crippen molar-refractivity contribution in [2.24, 2.45) is 4.36 Å². The van der Waals surface area contributed by atoms with E-state index in [4.69, 9.17) is 0 Å². The van der Waals surface area contributed by atoms with Crippen LogP contribution in [0.1, 0.15) is 12.8 Å². The van der Waals surface area contributed by atoms with E-state index in [2.05, 4.69) is 4.36 Å². The maximum atomic E-state index is 12.7. The van der Waals surface area contributed by atoms with Gasteiger partial charge in [0.2, 0.25) is 0 Å². The second-order valence-electron chi connectivity index (χ2n) is 5.85. The van der Waals surface area contributed by atoms with Crippen molar-refractivity contribution in [2.75, 3.05) is 31.5 Å². The van der Waals surface area contributed by atoms with E-state index >= 15 is 0 Å². The summed E-state index contributed by atoms with van der Waals surface area (Å²) in [5, 5.41) is 0. The third-order valence-corrected chi connectivity index (χ3v) is 7.51. The molecule has 1 aromatic rings. The van der Waals surface area contributed by atoms with Crippen LogP contribution >= 0.6 is 0 Å². The number of carbonyl (C=O) groups excluding carboxylic acids is 1. The van der Waals surface area contributed by atoms with Crippen LogP contribution in [0.5, 0.6) is 0 Å². The summed E-state index contributed by atoms with van der Waals surface area (Å²) < 4.78 is 38.4. The lowest BCUT2D eigenvalue weighted by Gasteiger charge is -2.13. The summed E-state index contributed by atoms with van der Waals surface area (Å²) >= 11 is 0. The highest BCUT2D eigenvalue weighted by atomic mass is 32.2. The molecule has 0 spiro atoms. The third-order valence-electron chi connectivity index (χ3n) is 3.85. The first-order valence-electron chi connectivity index (χ1n) is 6.73. The van der Waals surface area contributed by atoms with Crippen LogP contribution in [-0.2, 0) is 24.4 Å². The summed E-state index contributed by atoms with van der Waals surface area (Å²) in [5.74, 6) is -0.792. The minimum atomic E-state index is -3.54. The average molecular weight is 344 g/mol. The van der Waals surface area contributed by atoms with Crippen LogP contribution in [0, 0.1) is 0 Å². The molecule has 0 saturated heterocycles. The van der Waals surface area contributed by atoms with Crippen molar-refractivity contribution < 1.29 is 17.4 Å². The highest BCUT2D eigenvalue weighted by Crippen LogP contribution is 2.44. The van der Waals surface area contributed by atoms with Gasteiger partial charge in [0, 0.05) is 37.2 Å². The van der Waals surface area contributed by atoms with Crippen molar-refractivity contribution in [2.45, 2.75) is 22.5 Å². The highest BCUT2D eigenvalue weighted by molar-refractivity contribution is 7.94. The van der Waals surface area contributed by atoms with Gasteiger partial charge in [0.05, 0.1) is 9.73 Å². The lowest BCUT2D eigenvalue weighted by molar-refractivity contribution is -0.117. The van der Waals surface area contributed by atoms with Gasteiger partial charge in [0.25, 0.3) is 5.91 Å². The normalized spacial score (nSPS) is 19.1. The van der Waals surface area contributed by atoms with Crippen molar-refractivity contribution in [3.63, 3.8) is 0 Å². The Morgan fingerprint density at radius 1 is 1.09 bits per heavy atom. The Morgan fingerprint density at radius 3 is 1.95 bits per heavy atom. The van der Waals surface area contributed by atoms with Crippen molar-refractivity contribution in [1.82, 2.24) is 0 Å². The SMILES string of the molecule is CN(C)c1ccc([S@@](C)(=O)=NC(=O)C2(S(C)(=O)=O)CC2)cc1. The van der Waals surface area contributed by atoms with Crippen LogP contribution in [-0.4, -0.2) is 49.9 Å². The van der Waals surface area contributed by atoms with E-state index < -0.39 is 30.2 Å². The Hall–Kier alpha value is -1.41. The number of rotatable bonds is 4. The molecule has 1 atom stereocenters. The van der Waals surface area contributed by atoms with Crippen molar-refractivity contribution in [1.29, 1.82) is 0 Å². The lowest BCUT2D eigenvalue weighted by Crippen LogP contribution is -2.31.